The summed E-state index contributed by atoms with van der Waals surface area (Å²) in [6.07, 6.45) is 0.382. The molecule has 7 nitrogen and oxygen atoms in total. The van der Waals surface area contributed by atoms with Crippen molar-refractivity contribution >= 4 is 23.3 Å². The number of carbonyl (C=O) groups is 2. The van der Waals surface area contributed by atoms with Gasteiger partial charge in [-0.05, 0) is 36.6 Å². The molecule has 0 saturated carbocycles. The van der Waals surface area contributed by atoms with Crippen molar-refractivity contribution < 1.29 is 23.6 Å². The van der Waals surface area contributed by atoms with Crippen LogP contribution in [0.4, 0.5) is 15.8 Å². The molecule has 0 spiro atoms. The summed E-state index contributed by atoms with van der Waals surface area (Å²) in [5, 5.41) is 13.4. The average molecular weight is 360 g/mol. The van der Waals surface area contributed by atoms with E-state index in [4.69, 9.17) is 4.74 Å². The van der Waals surface area contributed by atoms with Crippen molar-refractivity contribution in [2.75, 3.05) is 11.9 Å². The largest absolute Gasteiger partial charge is 0.456 e. The van der Waals surface area contributed by atoms with Gasteiger partial charge in [-0.2, -0.15) is 0 Å². The van der Waals surface area contributed by atoms with Gasteiger partial charge in [0.2, 0.25) is 0 Å². The number of halogens is 1. The smallest absolute Gasteiger partial charge is 0.306 e. The van der Waals surface area contributed by atoms with E-state index in [1.54, 1.807) is 25.1 Å². The number of para-hydroxylation sites is 1. The molecule has 0 aliphatic rings. The van der Waals surface area contributed by atoms with Crippen LogP contribution in [0.5, 0.6) is 0 Å². The van der Waals surface area contributed by atoms with Gasteiger partial charge in [0.25, 0.3) is 11.6 Å². The highest BCUT2D eigenvalue weighted by Crippen LogP contribution is 2.27. The van der Waals surface area contributed by atoms with E-state index in [-0.39, 0.29) is 23.6 Å². The third-order valence-electron chi connectivity index (χ3n) is 3.61. The molecular weight excluding hydrogens is 343 g/mol. The Balaban J connectivity index is 1.84. The van der Waals surface area contributed by atoms with Crippen molar-refractivity contribution in [2.45, 2.75) is 19.8 Å². The molecule has 2 aromatic rings. The number of rotatable bonds is 7. The van der Waals surface area contributed by atoms with Crippen LogP contribution in [0.2, 0.25) is 0 Å². The maximum absolute atomic E-state index is 12.8. The second-order valence-corrected chi connectivity index (χ2v) is 5.56. The summed E-state index contributed by atoms with van der Waals surface area (Å²) in [6, 6.07) is 10.1. The minimum absolute atomic E-state index is 0.0312. The molecule has 0 atom stereocenters. The van der Waals surface area contributed by atoms with Crippen LogP contribution in [0.3, 0.4) is 0 Å². The van der Waals surface area contributed by atoms with Crippen LogP contribution in [0.25, 0.3) is 0 Å². The highest BCUT2D eigenvalue weighted by molar-refractivity contribution is 5.95. The summed E-state index contributed by atoms with van der Waals surface area (Å²) in [6.45, 7) is 1.07. The van der Waals surface area contributed by atoms with Gasteiger partial charge in [0, 0.05) is 12.5 Å². The number of nitro groups is 1. The highest BCUT2D eigenvalue weighted by atomic mass is 19.1. The lowest BCUT2D eigenvalue weighted by Crippen LogP contribution is -2.22. The van der Waals surface area contributed by atoms with E-state index in [1.807, 2.05) is 0 Å². The summed E-state index contributed by atoms with van der Waals surface area (Å²) in [5.41, 5.74) is 1.13. The third kappa shape index (κ3) is 5.37. The number of benzene rings is 2. The molecule has 0 heterocycles. The Bertz CT molecular complexity index is 821. The molecule has 26 heavy (non-hydrogen) atoms. The van der Waals surface area contributed by atoms with Gasteiger partial charge >= 0.3 is 5.97 Å². The standard InChI is InChI=1S/C18H17FN2O5/c1-12-3-2-4-15(21(24)25)18(12)20-16(22)11-26-17(23)10-7-13-5-8-14(19)9-6-13/h2-6,8-9H,7,10-11H2,1H3,(H,20,22). The molecule has 1 N–H and O–H groups in total. The molecule has 0 aliphatic heterocycles. The van der Waals surface area contributed by atoms with E-state index in [1.165, 1.54) is 24.3 Å². The molecule has 0 radical (unpaired) electrons. The van der Waals surface area contributed by atoms with E-state index in [9.17, 15) is 24.1 Å². The number of esters is 1. The van der Waals surface area contributed by atoms with Crippen LogP contribution < -0.4 is 5.32 Å². The summed E-state index contributed by atoms with van der Waals surface area (Å²) in [4.78, 5) is 34.0. The van der Waals surface area contributed by atoms with Crippen LogP contribution in [-0.4, -0.2) is 23.4 Å². The van der Waals surface area contributed by atoms with Crippen LogP contribution in [-0.2, 0) is 20.7 Å². The third-order valence-corrected chi connectivity index (χ3v) is 3.61. The summed E-state index contributed by atoms with van der Waals surface area (Å²) >= 11 is 0. The fourth-order valence-corrected chi connectivity index (χ4v) is 2.26. The first-order valence-electron chi connectivity index (χ1n) is 7.80. The fraction of sp³-hybridized carbons (Fsp3) is 0.222. The van der Waals surface area contributed by atoms with E-state index < -0.39 is 23.4 Å². The predicted octanol–water partition coefficient (Wildman–Crippen LogP) is 3.16. The average Bonchev–Trinajstić information content (AvgIpc) is 2.61. The van der Waals surface area contributed by atoms with Gasteiger partial charge in [0.05, 0.1) is 4.92 Å². The van der Waals surface area contributed by atoms with Crippen molar-refractivity contribution in [2.24, 2.45) is 0 Å². The summed E-state index contributed by atoms with van der Waals surface area (Å²) in [5.74, 6) is -1.63. The van der Waals surface area contributed by atoms with Crippen molar-refractivity contribution in [1.29, 1.82) is 0 Å². The number of anilines is 1. The molecule has 0 fully saturated rings. The van der Waals surface area contributed by atoms with Crippen molar-refractivity contribution in [3.63, 3.8) is 0 Å². The van der Waals surface area contributed by atoms with Crippen LogP contribution in [0.15, 0.2) is 42.5 Å². The number of aryl methyl sites for hydroxylation is 2. The van der Waals surface area contributed by atoms with Crippen molar-refractivity contribution in [3.05, 3.63) is 69.5 Å². The summed E-state index contributed by atoms with van der Waals surface area (Å²) in [7, 11) is 0. The lowest BCUT2D eigenvalue weighted by atomic mass is 10.1. The van der Waals surface area contributed by atoms with Crippen LogP contribution in [0.1, 0.15) is 17.5 Å². The molecular formula is C18H17FN2O5. The number of amides is 1. The quantitative estimate of drug-likeness (QED) is 0.465. The first-order valence-corrected chi connectivity index (χ1v) is 7.80. The maximum atomic E-state index is 12.8. The zero-order valence-corrected chi connectivity index (χ0v) is 14.0. The SMILES string of the molecule is Cc1cccc([N+](=O)[O-])c1NC(=O)COC(=O)CCc1ccc(F)cc1. The molecule has 0 saturated heterocycles. The molecule has 136 valence electrons. The molecule has 8 heteroatoms. The summed E-state index contributed by atoms with van der Waals surface area (Å²) < 4.78 is 17.7. The first-order chi connectivity index (χ1) is 12.4. The zero-order chi connectivity index (χ0) is 19.1. The lowest BCUT2D eigenvalue weighted by molar-refractivity contribution is -0.384. The molecule has 0 aliphatic carbocycles. The van der Waals surface area contributed by atoms with E-state index in [0.29, 0.717) is 12.0 Å². The molecule has 1 amide bonds. The van der Waals surface area contributed by atoms with Gasteiger partial charge in [-0.15, -0.1) is 0 Å². The number of nitro benzene ring substituents is 1. The Kier molecular flexibility index (Phi) is 6.37. The Morgan fingerprint density at radius 1 is 1.19 bits per heavy atom. The normalized spacial score (nSPS) is 10.2. The number of nitrogens with zero attached hydrogens (tertiary/aromatic N) is 1. The molecule has 2 rings (SSSR count). The van der Waals surface area contributed by atoms with Crippen molar-refractivity contribution in [1.82, 2.24) is 0 Å². The Labute approximate surface area is 148 Å². The van der Waals surface area contributed by atoms with Gasteiger partial charge in [-0.25, -0.2) is 4.39 Å². The molecule has 0 bridgehead atoms. The first kappa shape index (κ1) is 19.0. The van der Waals surface area contributed by atoms with Crippen LogP contribution in [0, 0.1) is 22.9 Å². The second-order valence-electron chi connectivity index (χ2n) is 5.56. The van der Waals surface area contributed by atoms with Gasteiger partial charge in [-0.1, -0.05) is 24.3 Å². The van der Waals surface area contributed by atoms with E-state index in [2.05, 4.69) is 5.32 Å². The highest BCUT2D eigenvalue weighted by Gasteiger charge is 2.18. The number of hydrogen-bond donors (Lipinski definition) is 1. The van der Waals surface area contributed by atoms with Gasteiger partial charge in [0.1, 0.15) is 11.5 Å². The molecule has 2 aromatic carbocycles. The minimum atomic E-state index is -0.669. The number of nitrogens with one attached hydrogen (secondary N) is 1. The zero-order valence-electron chi connectivity index (χ0n) is 14.0. The Hall–Kier alpha value is -3.29. The Morgan fingerprint density at radius 2 is 1.88 bits per heavy atom. The van der Waals surface area contributed by atoms with Crippen LogP contribution >= 0.6 is 0 Å². The molecule has 0 unspecified atom stereocenters. The van der Waals surface area contributed by atoms with E-state index in [0.717, 1.165) is 5.56 Å². The minimum Gasteiger partial charge on any atom is -0.456 e. The lowest BCUT2D eigenvalue weighted by Gasteiger charge is -2.09. The molecule has 0 aromatic heterocycles. The number of ether oxygens (including phenoxy) is 1. The monoisotopic (exact) mass is 360 g/mol. The second kappa shape index (κ2) is 8.70. The number of hydrogen-bond acceptors (Lipinski definition) is 5. The topological polar surface area (TPSA) is 98.5 Å². The van der Waals surface area contributed by atoms with Gasteiger partial charge in [0.15, 0.2) is 6.61 Å². The predicted molar refractivity (Wildman–Crippen MR) is 92.1 cm³/mol. The number of carbonyl (C=O) groups excluding carboxylic acids is 2. The van der Waals surface area contributed by atoms with Gasteiger partial charge < -0.3 is 10.1 Å². The van der Waals surface area contributed by atoms with Crippen molar-refractivity contribution in [3.8, 4) is 0 Å². The fourth-order valence-electron chi connectivity index (χ4n) is 2.26. The Morgan fingerprint density at radius 3 is 2.54 bits per heavy atom. The van der Waals surface area contributed by atoms with Gasteiger partial charge in [-0.3, -0.25) is 19.7 Å². The maximum Gasteiger partial charge on any atom is 0.306 e. The van der Waals surface area contributed by atoms with E-state index >= 15 is 0 Å².